The van der Waals surface area contributed by atoms with Gasteiger partial charge in [0.1, 0.15) is 11.5 Å². The molecule has 6 nitrogen and oxygen atoms in total. The average Bonchev–Trinajstić information content (AvgIpc) is 2.92. The molecule has 1 aromatic heterocycles. The second kappa shape index (κ2) is 8.08. The second-order valence-corrected chi connectivity index (χ2v) is 6.69. The lowest BCUT2D eigenvalue weighted by molar-refractivity contribution is -0.119. The summed E-state index contributed by atoms with van der Waals surface area (Å²) in [5.74, 6) is -0.946. The molecule has 2 N–H and O–H groups in total. The molecule has 0 bridgehead atoms. The van der Waals surface area contributed by atoms with E-state index in [4.69, 9.17) is 11.6 Å². The lowest BCUT2D eigenvalue weighted by Gasteiger charge is -2.09. The van der Waals surface area contributed by atoms with E-state index in [1.807, 2.05) is 0 Å². The molecule has 3 rings (SSSR count). The Kier molecular flexibility index (Phi) is 5.74. The molecule has 0 aliphatic rings. The Morgan fingerprint density at radius 3 is 2.48 bits per heavy atom. The standard InChI is InChI=1S/C20H17ClF2N2O4/c1-10-13(8-18(27)24-2)14-7-17(26)15(21)9-16(14)25(10)19(28)11-3-5-12(6-4-11)29-20(22)23/h3-7,9,20,26H,8H2,1-2H3,(H,24,27). The van der Waals surface area contributed by atoms with Gasteiger partial charge >= 0.3 is 6.61 Å². The van der Waals surface area contributed by atoms with Crippen LogP contribution in [-0.4, -0.2) is 35.1 Å². The van der Waals surface area contributed by atoms with Crippen LogP contribution in [0.4, 0.5) is 8.78 Å². The van der Waals surface area contributed by atoms with E-state index in [2.05, 4.69) is 10.1 Å². The lowest BCUT2D eigenvalue weighted by atomic mass is 10.1. The Morgan fingerprint density at radius 2 is 1.90 bits per heavy atom. The Hall–Kier alpha value is -3.13. The summed E-state index contributed by atoms with van der Waals surface area (Å²) in [4.78, 5) is 25.1. The summed E-state index contributed by atoms with van der Waals surface area (Å²) in [7, 11) is 1.50. The molecule has 2 aromatic carbocycles. The van der Waals surface area contributed by atoms with Crippen LogP contribution in [0.1, 0.15) is 21.6 Å². The number of likely N-dealkylation sites (N-methyl/N-ethyl adjacent to an activating group) is 1. The van der Waals surface area contributed by atoms with Crippen LogP contribution >= 0.6 is 11.6 Å². The number of aromatic hydroxyl groups is 1. The van der Waals surface area contributed by atoms with E-state index in [9.17, 15) is 23.5 Å². The van der Waals surface area contributed by atoms with Crippen molar-refractivity contribution in [2.75, 3.05) is 7.05 Å². The summed E-state index contributed by atoms with van der Waals surface area (Å²) in [6.45, 7) is -1.29. The molecule has 1 heterocycles. The number of halogens is 3. The van der Waals surface area contributed by atoms with Gasteiger partial charge in [-0.3, -0.25) is 14.2 Å². The van der Waals surface area contributed by atoms with Crippen LogP contribution in [0.15, 0.2) is 36.4 Å². The van der Waals surface area contributed by atoms with E-state index < -0.39 is 12.5 Å². The number of benzene rings is 2. The van der Waals surface area contributed by atoms with Gasteiger partial charge in [0.05, 0.1) is 17.0 Å². The summed E-state index contributed by atoms with van der Waals surface area (Å²) >= 11 is 6.03. The third-order valence-electron chi connectivity index (χ3n) is 4.55. The Bertz CT molecular complexity index is 1090. The van der Waals surface area contributed by atoms with Crippen LogP contribution in [0.2, 0.25) is 5.02 Å². The normalized spacial score (nSPS) is 11.1. The minimum absolute atomic E-state index is 0.00134. The highest BCUT2D eigenvalue weighted by Crippen LogP contribution is 2.35. The van der Waals surface area contributed by atoms with Crippen molar-refractivity contribution in [1.82, 2.24) is 9.88 Å². The van der Waals surface area contributed by atoms with Gasteiger partial charge in [0.15, 0.2) is 0 Å². The number of aromatic nitrogens is 1. The van der Waals surface area contributed by atoms with Crippen LogP contribution < -0.4 is 10.1 Å². The highest BCUT2D eigenvalue weighted by molar-refractivity contribution is 6.33. The minimum atomic E-state index is -2.96. The predicted molar refractivity (Wildman–Crippen MR) is 104 cm³/mol. The fourth-order valence-electron chi connectivity index (χ4n) is 3.13. The highest BCUT2D eigenvalue weighted by Gasteiger charge is 2.22. The van der Waals surface area contributed by atoms with Crippen LogP contribution in [0.3, 0.4) is 0 Å². The summed E-state index contributed by atoms with van der Waals surface area (Å²) < 4.78 is 30.3. The first-order valence-electron chi connectivity index (χ1n) is 8.55. The van der Waals surface area contributed by atoms with Crippen molar-refractivity contribution >= 4 is 34.3 Å². The quantitative estimate of drug-likeness (QED) is 0.653. The van der Waals surface area contributed by atoms with E-state index in [-0.39, 0.29) is 34.4 Å². The molecule has 0 saturated heterocycles. The zero-order valence-electron chi connectivity index (χ0n) is 15.5. The van der Waals surface area contributed by atoms with Gasteiger partial charge < -0.3 is 15.2 Å². The molecular formula is C20H17ClF2N2O4. The van der Waals surface area contributed by atoms with Crippen LogP contribution in [0.5, 0.6) is 11.5 Å². The number of fused-ring (bicyclic) bond motifs is 1. The molecule has 0 saturated carbocycles. The van der Waals surface area contributed by atoms with Gasteiger partial charge in [-0.1, -0.05) is 11.6 Å². The molecule has 0 radical (unpaired) electrons. The number of carbonyl (C=O) groups excluding carboxylic acids is 2. The van der Waals surface area contributed by atoms with Crippen molar-refractivity contribution in [1.29, 1.82) is 0 Å². The summed E-state index contributed by atoms with van der Waals surface area (Å²) in [6.07, 6.45) is 0.00134. The maximum absolute atomic E-state index is 13.1. The molecule has 0 spiro atoms. The monoisotopic (exact) mass is 422 g/mol. The first-order chi connectivity index (χ1) is 13.7. The molecule has 0 aliphatic carbocycles. The number of amides is 1. The second-order valence-electron chi connectivity index (χ2n) is 6.28. The third-order valence-corrected chi connectivity index (χ3v) is 4.85. The summed E-state index contributed by atoms with van der Waals surface area (Å²) in [5.41, 5.74) is 1.71. The maximum Gasteiger partial charge on any atom is 0.387 e. The summed E-state index contributed by atoms with van der Waals surface area (Å²) in [6, 6.07) is 8.12. The molecule has 152 valence electrons. The van der Waals surface area contributed by atoms with Gasteiger partial charge in [0.25, 0.3) is 5.91 Å². The van der Waals surface area contributed by atoms with E-state index in [0.717, 1.165) is 0 Å². The van der Waals surface area contributed by atoms with Gasteiger partial charge in [-0.15, -0.1) is 0 Å². The molecule has 9 heteroatoms. The SMILES string of the molecule is CNC(=O)Cc1c(C)n(C(=O)c2ccc(OC(F)F)cc2)c2cc(Cl)c(O)cc12. The van der Waals surface area contributed by atoms with Crippen LogP contribution in [0, 0.1) is 6.92 Å². The molecular weight excluding hydrogens is 406 g/mol. The fraction of sp³-hybridized carbons (Fsp3) is 0.200. The number of phenolic OH excluding ortho intramolecular Hbond substituents is 1. The Morgan fingerprint density at radius 1 is 1.24 bits per heavy atom. The maximum atomic E-state index is 13.1. The summed E-state index contributed by atoms with van der Waals surface area (Å²) in [5, 5.41) is 13.1. The first kappa shape index (κ1) is 20.6. The minimum Gasteiger partial charge on any atom is -0.506 e. The van der Waals surface area contributed by atoms with Crippen molar-refractivity contribution in [3.63, 3.8) is 0 Å². The number of ether oxygens (including phenoxy) is 1. The number of hydrogen-bond acceptors (Lipinski definition) is 4. The van der Waals surface area contributed by atoms with Gasteiger partial charge in [-0.05, 0) is 48.9 Å². The van der Waals surface area contributed by atoms with Crippen LogP contribution in [0.25, 0.3) is 10.9 Å². The largest absolute Gasteiger partial charge is 0.506 e. The van der Waals surface area contributed by atoms with Crippen molar-refractivity contribution in [2.45, 2.75) is 20.0 Å². The highest BCUT2D eigenvalue weighted by atomic mass is 35.5. The number of carbonyl (C=O) groups is 2. The van der Waals surface area contributed by atoms with E-state index in [1.54, 1.807) is 6.92 Å². The number of hydrogen-bond donors (Lipinski definition) is 2. The first-order valence-corrected chi connectivity index (χ1v) is 8.93. The lowest BCUT2D eigenvalue weighted by Crippen LogP contribution is -2.20. The van der Waals surface area contributed by atoms with E-state index >= 15 is 0 Å². The average molecular weight is 423 g/mol. The molecule has 0 unspecified atom stereocenters. The molecule has 0 fully saturated rings. The predicted octanol–water partition coefficient (Wildman–Crippen LogP) is 3.89. The van der Waals surface area contributed by atoms with Crippen LogP contribution in [-0.2, 0) is 11.2 Å². The smallest absolute Gasteiger partial charge is 0.387 e. The van der Waals surface area contributed by atoms with Crippen molar-refractivity contribution in [3.05, 3.63) is 58.2 Å². The zero-order chi connectivity index (χ0) is 21.3. The molecule has 0 aliphatic heterocycles. The molecule has 0 atom stereocenters. The molecule has 1 amide bonds. The Balaban J connectivity index is 2.12. The van der Waals surface area contributed by atoms with Gasteiger partial charge in [-0.2, -0.15) is 8.78 Å². The van der Waals surface area contributed by atoms with Crippen molar-refractivity contribution in [2.24, 2.45) is 0 Å². The van der Waals surface area contributed by atoms with Gasteiger partial charge in [0.2, 0.25) is 5.91 Å². The van der Waals surface area contributed by atoms with E-state index in [0.29, 0.717) is 22.2 Å². The van der Waals surface area contributed by atoms with E-state index in [1.165, 1.54) is 48.0 Å². The Labute approximate surface area is 169 Å². The molecule has 29 heavy (non-hydrogen) atoms. The van der Waals surface area contributed by atoms with Gasteiger partial charge in [0, 0.05) is 23.7 Å². The third kappa shape index (κ3) is 4.02. The van der Waals surface area contributed by atoms with Gasteiger partial charge in [-0.25, -0.2) is 0 Å². The zero-order valence-corrected chi connectivity index (χ0v) is 16.3. The number of nitrogens with one attached hydrogen (secondary N) is 1. The number of rotatable bonds is 5. The molecule has 3 aromatic rings. The number of alkyl halides is 2. The van der Waals surface area contributed by atoms with Crippen molar-refractivity contribution < 1.29 is 28.2 Å². The topological polar surface area (TPSA) is 80.6 Å². The fourth-order valence-corrected chi connectivity index (χ4v) is 3.29. The van der Waals surface area contributed by atoms with Crippen molar-refractivity contribution in [3.8, 4) is 11.5 Å². The number of phenols is 1. The number of nitrogens with zero attached hydrogens (tertiary/aromatic N) is 1.